The van der Waals surface area contributed by atoms with E-state index in [-0.39, 0.29) is 0 Å². The molecule has 0 spiro atoms. The van der Waals surface area contributed by atoms with Crippen LogP contribution in [0.2, 0.25) is 0 Å². The van der Waals surface area contributed by atoms with Crippen molar-refractivity contribution >= 4 is 10.9 Å². The molecule has 0 aliphatic heterocycles. The van der Waals surface area contributed by atoms with Gasteiger partial charge >= 0.3 is 0 Å². The number of aryl methyl sites for hydroxylation is 3. The molecule has 0 aromatic carbocycles. The molecule has 3 rings (SSSR count). The molecule has 0 saturated heterocycles. The van der Waals surface area contributed by atoms with Crippen LogP contribution in [0.1, 0.15) is 63.0 Å². The van der Waals surface area contributed by atoms with Crippen LogP contribution in [0.25, 0.3) is 10.9 Å². The van der Waals surface area contributed by atoms with Crippen LogP contribution in [-0.4, -0.2) is 29.3 Å². The van der Waals surface area contributed by atoms with Gasteiger partial charge in [-0.3, -0.25) is 4.98 Å². The molecule has 1 fully saturated rings. The van der Waals surface area contributed by atoms with Crippen molar-refractivity contribution in [3.63, 3.8) is 0 Å². The number of fused-ring (bicyclic) bond motifs is 1. The van der Waals surface area contributed by atoms with E-state index in [4.69, 9.17) is 9.72 Å². The fraction of sp³-hybridized carbons (Fsp3) is 0.650. The molecule has 1 saturated carbocycles. The molecule has 0 radical (unpaired) electrons. The summed E-state index contributed by atoms with van der Waals surface area (Å²) in [6.07, 6.45) is 8.01. The van der Waals surface area contributed by atoms with Gasteiger partial charge in [-0.25, -0.2) is 0 Å². The van der Waals surface area contributed by atoms with Crippen LogP contribution in [0, 0.1) is 0 Å². The van der Waals surface area contributed by atoms with Crippen molar-refractivity contribution in [2.45, 2.75) is 71.5 Å². The lowest BCUT2D eigenvalue weighted by Gasteiger charge is -2.16. The van der Waals surface area contributed by atoms with E-state index in [1.165, 1.54) is 40.7 Å². The van der Waals surface area contributed by atoms with Crippen LogP contribution in [0.3, 0.4) is 0 Å². The number of nitrogens with one attached hydrogen (secondary N) is 1. The van der Waals surface area contributed by atoms with Gasteiger partial charge in [-0.2, -0.15) is 0 Å². The highest BCUT2D eigenvalue weighted by Crippen LogP contribution is 2.29. The topological polar surface area (TPSA) is 39.1 Å². The predicted molar refractivity (Wildman–Crippen MR) is 99.6 cm³/mol. The zero-order chi connectivity index (χ0) is 17.1. The summed E-state index contributed by atoms with van der Waals surface area (Å²) in [5.41, 5.74) is 5.18. The zero-order valence-corrected chi connectivity index (χ0v) is 15.6. The number of nitrogens with zero attached hydrogens (tertiary/aromatic N) is 2. The highest BCUT2D eigenvalue weighted by Gasteiger charge is 2.24. The third kappa shape index (κ3) is 3.65. The molecule has 0 amide bonds. The van der Waals surface area contributed by atoms with Crippen molar-refractivity contribution in [3.8, 4) is 0 Å². The third-order valence-corrected chi connectivity index (χ3v) is 5.01. The standard InChI is InChI=1S/C20H31N3O/c1-5-15-13-23(10-7-11-24-4)19-12-18(14(3)21-16-8-9-16)22-17(6-2)20(15)19/h12-14,16,21H,5-11H2,1-4H3. The maximum Gasteiger partial charge on any atom is 0.0594 e. The van der Waals surface area contributed by atoms with Crippen LogP contribution < -0.4 is 5.32 Å². The Balaban J connectivity index is 2.00. The van der Waals surface area contributed by atoms with Crippen molar-refractivity contribution in [3.05, 3.63) is 29.2 Å². The molecule has 2 aromatic heterocycles. The van der Waals surface area contributed by atoms with Gasteiger partial charge in [0.25, 0.3) is 0 Å². The Hall–Kier alpha value is -1.39. The lowest BCUT2D eigenvalue weighted by atomic mass is 10.1. The first-order chi connectivity index (χ1) is 11.7. The van der Waals surface area contributed by atoms with Crippen molar-refractivity contribution in [2.75, 3.05) is 13.7 Å². The Bertz CT molecular complexity index is 688. The first kappa shape index (κ1) is 17.4. The summed E-state index contributed by atoms with van der Waals surface area (Å²) in [6.45, 7) is 8.50. The molecule has 24 heavy (non-hydrogen) atoms. The third-order valence-electron chi connectivity index (χ3n) is 5.01. The molecule has 1 unspecified atom stereocenters. The van der Waals surface area contributed by atoms with Gasteiger partial charge in [0.15, 0.2) is 0 Å². The van der Waals surface area contributed by atoms with Gasteiger partial charge in [0, 0.05) is 43.9 Å². The lowest BCUT2D eigenvalue weighted by molar-refractivity contribution is 0.190. The van der Waals surface area contributed by atoms with Crippen molar-refractivity contribution in [1.29, 1.82) is 0 Å². The average molecular weight is 329 g/mol. The number of rotatable bonds is 9. The number of aromatic nitrogens is 2. The number of hydrogen-bond acceptors (Lipinski definition) is 3. The molecule has 4 heteroatoms. The largest absolute Gasteiger partial charge is 0.385 e. The molecule has 132 valence electrons. The van der Waals surface area contributed by atoms with Crippen LogP contribution in [0.5, 0.6) is 0 Å². The molecule has 1 N–H and O–H groups in total. The molecule has 2 heterocycles. The van der Waals surface area contributed by atoms with Crippen molar-refractivity contribution in [1.82, 2.24) is 14.9 Å². The van der Waals surface area contributed by atoms with Gasteiger partial charge in [-0.1, -0.05) is 13.8 Å². The number of hydrogen-bond donors (Lipinski definition) is 1. The predicted octanol–water partition coefficient (Wildman–Crippen LogP) is 4.01. The highest BCUT2D eigenvalue weighted by molar-refractivity contribution is 5.86. The Kier molecular flexibility index (Phi) is 5.57. The smallest absolute Gasteiger partial charge is 0.0594 e. The average Bonchev–Trinajstić information content (AvgIpc) is 3.34. The Morgan fingerprint density at radius 2 is 2.12 bits per heavy atom. The van der Waals surface area contributed by atoms with E-state index in [0.717, 1.165) is 32.4 Å². The summed E-state index contributed by atoms with van der Waals surface area (Å²) in [5, 5.41) is 5.06. The van der Waals surface area contributed by atoms with Crippen LogP contribution in [0.15, 0.2) is 12.3 Å². The molecule has 0 bridgehead atoms. The zero-order valence-electron chi connectivity index (χ0n) is 15.6. The fourth-order valence-electron chi connectivity index (χ4n) is 3.50. The van der Waals surface area contributed by atoms with Crippen LogP contribution in [0.4, 0.5) is 0 Å². The van der Waals surface area contributed by atoms with E-state index in [9.17, 15) is 0 Å². The van der Waals surface area contributed by atoms with E-state index in [1.807, 2.05) is 0 Å². The molecule has 1 aliphatic rings. The summed E-state index contributed by atoms with van der Waals surface area (Å²) < 4.78 is 7.63. The minimum Gasteiger partial charge on any atom is -0.385 e. The van der Waals surface area contributed by atoms with Crippen LogP contribution >= 0.6 is 0 Å². The first-order valence-electron chi connectivity index (χ1n) is 9.44. The molecule has 1 aliphatic carbocycles. The minimum absolute atomic E-state index is 0.319. The number of methoxy groups -OCH3 is 1. The maximum atomic E-state index is 5.23. The second-order valence-electron chi connectivity index (χ2n) is 6.95. The van der Waals surface area contributed by atoms with Gasteiger partial charge in [-0.05, 0) is 50.7 Å². The van der Waals surface area contributed by atoms with E-state index in [2.05, 4.69) is 42.9 Å². The highest BCUT2D eigenvalue weighted by atomic mass is 16.5. The van der Waals surface area contributed by atoms with Crippen LogP contribution in [-0.2, 0) is 24.1 Å². The Labute approximate surface area is 145 Å². The second kappa shape index (κ2) is 7.66. The monoisotopic (exact) mass is 329 g/mol. The maximum absolute atomic E-state index is 5.23. The van der Waals surface area contributed by atoms with Gasteiger partial charge < -0.3 is 14.6 Å². The van der Waals surface area contributed by atoms with E-state index < -0.39 is 0 Å². The molecular weight excluding hydrogens is 298 g/mol. The summed E-state index contributed by atoms with van der Waals surface area (Å²) in [6, 6.07) is 3.32. The summed E-state index contributed by atoms with van der Waals surface area (Å²) in [7, 11) is 1.77. The van der Waals surface area contributed by atoms with Gasteiger partial charge in [-0.15, -0.1) is 0 Å². The molecule has 2 aromatic rings. The second-order valence-corrected chi connectivity index (χ2v) is 6.95. The van der Waals surface area contributed by atoms with Gasteiger partial charge in [0.05, 0.1) is 16.9 Å². The van der Waals surface area contributed by atoms with Crippen molar-refractivity contribution in [2.24, 2.45) is 0 Å². The van der Waals surface area contributed by atoms with E-state index in [0.29, 0.717) is 12.1 Å². The summed E-state index contributed by atoms with van der Waals surface area (Å²) >= 11 is 0. The lowest BCUT2D eigenvalue weighted by Crippen LogP contribution is -2.22. The summed E-state index contributed by atoms with van der Waals surface area (Å²) in [4.78, 5) is 5.02. The minimum atomic E-state index is 0.319. The molecule has 1 atom stereocenters. The number of ether oxygens (including phenoxy) is 1. The van der Waals surface area contributed by atoms with Crippen molar-refractivity contribution < 1.29 is 4.74 Å². The Morgan fingerprint density at radius 1 is 1.33 bits per heavy atom. The van der Waals surface area contributed by atoms with E-state index in [1.54, 1.807) is 7.11 Å². The van der Waals surface area contributed by atoms with Gasteiger partial charge in [0.1, 0.15) is 0 Å². The normalized spacial score (nSPS) is 16.0. The first-order valence-corrected chi connectivity index (χ1v) is 9.44. The molecular formula is C20H31N3O. The number of pyridine rings is 1. The Morgan fingerprint density at radius 3 is 2.75 bits per heavy atom. The summed E-state index contributed by atoms with van der Waals surface area (Å²) in [5.74, 6) is 0. The fourth-order valence-corrected chi connectivity index (χ4v) is 3.50. The van der Waals surface area contributed by atoms with Gasteiger partial charge in [0.2, 0.25) is 0 Å². The van der Waals surface area contributed by atoms with E-state index >= 15 is 0 Å². The quantitative estimate of drug-likeness (QED) is 0.707. The molecule has 4 nitrogen and oxygen atoms in total. The SMILES string of the molecule is CCc1cn(CCCOC)c2cc(C(C)NC3CC3)nc(CC)c12.